The second-order valence-electron chi connectivity index (χ2n) is 6.10. The Bertz CT molecular complexity index is 1160. The van der Waals surface area contributed by atoms with Crippen LogP contribution in [0.5, 0.6) is 0 Å². The van der Waals surface area contributed by atoms with Gasteiger partial charge in [-0.05, 0) is 48.2 Å². The largest absolute Gasteiger partial charge is 0.410 e. The van der Waals surface area contributed by atoms with Crippen LogP contribution in [0.25, 0.3) is 10.8 Å². The zero-order valence-corrected chi connectivity index (χ0v) is 17.4. The van der Waals surface area contributed by atoms with Crippen molar-refractivity contribution in [2.75, 3.05) is 0 Å². The Morgan fingerprint density at radius 3 is 2.29 bits per heavy atom. The van der Waals surface area contributed by atoms with E-state index in [9.17, 15) is 8.42 Å². The van der Waals surface area contributed by atoms with E-state index in [0.717, 1.165) is 16.0 Å². The van der Waals surface area contributed by atoms with Gasteiger partial charge in [-0.15, -0.1) is 21.5 Å². The van der Waals surface area contributed by atoms with Gasteiger partial charge in [-0.25, -0.2) is 8.42 Å². The third-order valence-electron chi connectivity index (χ3n) is 4.07. The average Bonchev–Trinajstić information content (AvgIpc) is 3.39. The Labute approximate surface area is 171 Å². The van der Waals surface area contributed by atoms with E-state index >= 15 is 0 Å². The molecule has 4 aromatic rings. The molecule has 0 N–H and O–H groups in total. The van der Waals surface area contributed by atoms with Gasteiger partial charge in [-0.1, -0.05) is 47.7 Å². The maximum absolute atomic E-state index is 12.7. The molecule has 2 aromatic heterocycles. The second kappa shape index (κ2) is 7.90. The smallest absolute Gasteiger partial charge is 0.277 e. The predicted molar refractivity (Wildman–Crippen MR) is 110 cm³/mol. The molecule has 8 heteroatoms. The van der Waals surface area contributed by atoms with Gasteiger partial charge in [0.1, 0.15) is 0 Å². The van der Waals surface area contributed by atoms with Crippen molar-refractivity contribution in [1.82, 2.24) is 10.2 Å². The first-order valence-electron chi connectivity index (χ1n) is 8.43. The maximum Gasteiger partial charge on any atom is 0.277 e. The van der Waals surface area contributed by atoms with Crippen molar-refractivity contribution >= 4 is 32.9 Å². The lowest BCUT2D eigenvalue weighted by Gasteiger charge is -2.06. The van der Waals surface area contributed by atoms with Crippen LogP contribution >= 0.6 is 23.1 Å². The lowest BCUT2D eigenvalue weighted by molar-refractivity contribution is 0.466. The maximum atomic E-state index is 12.7. The highest BCUT2D eigenvalue weighted by Gasteiger charge is 2.17. The quantitative estimate of drug-likeness (QED) is 0.392. The number of hydrogen-bond acceptors (Lipinski definition) is 7. The van der Waals surface area contributed by atoms with E-state index in [-0.39, 0.29) is 4.90 Å². The highest BCUT2D eigenvalue weighted by molar-refractivity contribution is 7.98. The van der Waals surface area contributed by atoms with Crippen LogP contribution in [0.3, 0.4) is 0 Å². The summed E-state index contributed by atoms with van der Waals surface area (Å²) in [5.41, 5.74) is 2.00. The average molecular weight is 429 g/mol. The summed E-state index contributed by atoms with van der Waals surface area (Å²) in [6, 6.07) is 17.6. The van der Waals surface area contributed by atoms with Crippen LogP contribution in [0, 0.1) is 6.92 Å². The van der Waals surface area contributed by atoms with Gasteiger partial charge < -0.3 is 4.42 Å². The van der Waals surface area contributed by atoms with Crippen LogP contribution in [0.1, 0.15) is 11.1 Å². The molecule has 142 valence electrons. The summed E-state index contributed by atoms with van der Waals surface area (Å²) in [7, 11) is -3.51. The first-order valence-corrected chi connectivity index (χ1v) is 11.8. The third-order valence-corrected chi connectivity index (χ3v) is 7.60. The molecular weight excluding hydrogens is 412 g/mol. The molecule has 2 heterocycles. The van der Waals surface area contributed by atoms with E-state index in [4.69, 9.17) is 4.42 Å². The van der Waals surface area contributed by atoms with Crippen LogP contribution in [0.4, 0.5) is 0 Å². The molecule has 0 unspecified atom stereocenters. The molecule has 0 bridgehead atoms. The minimum absolute atomic E-state index is 0.280. The van der Waals surface area contributed by atoms with Crippen LogP contribution in [-0.4, -0.2) is 18.6 Å². The lowest BCUT2D eigenvalue weighted by Crippen LogP contribution is -2.02. The number of sulfone groups is 1. The minimum Gasteiger partial charge on any atom is -0.410 e. The van der Waals surface area contributed by atoms with E-state index in [1.165, 1.54) is 11.8 Å². The van der Waals surface area contributed by atoms with Crippen LogP contribution in [-0.2, 0) is 15.6 Å². The molecule has 0 aliphatic carbocycles. The molecule has 0 saturated heterocycles. The van der Waals surface area contributed by atoms with Gasteiger partial charge in [0.2, 0.25) is 9.84 Å². The van der Waals surface area contributed by atoms with E-state index in [1.54, 1.807) is 47.7 Å². The molecule has 0 saturated carbocycles. The van der Waals surface area contributed by atoms with Crippen LogP contribution in [0.15, 0.2) is 85.5 Å². The number of thiophene rings is 1. The number of hydrogen-bond donors (Lipinski definition) is 0. The number of aryl methyl sites for hydroxylation is 1. The molecule has 4 rings (SSSR count). The van der Waals surface area contributed by atoms with Gasteiger partial charge in [0.25, 0.3) is 11.1 Å². The fourth-order valence-corrected chi connectivity index (χ4v) is 5.16. The zero-order chi connectivity index (χ0) is 19.6. The monoisotopic (exact) mass is 428 g/mol. The van der Waals surface area contributed by atoms with Crippen LogP contribution < -0.4 is 0 Å². The second-order valence-corrected chi connectivity index (χ2v) is 9.92. The SMILES string of the molecule is Cc1ccc(S(=O)(=O)c2ccc(CSc3nnc(-c4cccs4)o3)cc2)cc1. The van der Waals surface area contributed by atoms with E-state index in [0.29, 0.717) is 21.8 Å². The molecule has 0 radical (unpaired) electrons. The molecule has 0 atom stereocenters. The van der Waals surface area contributed by atoms with Gasteiger partial charge in [-0.3, -0.25) is 0 Å². The molecule has 5 nitrogen and oxygen atoms in total. The molecular formula is C20H16N2O3S3. The van der Waals surface area contributed by atoms with Gasteiger partial charge in [0.15, 0.2) is 0 Å². The summed E-state index contributed by atoms with van der Waals surface area (Å²) in [5, 5.41) is 10.5. The standard InChI is InChI=1S/C20H16N2O3S3/c1-14-4-8-16(9-5-14)28(23,24)17-10-6-15(7-11-17)13-27-20-22-21-19(25-20)18-3-2-12-26-18/h2-12H,13H2,1H3. The van der Waals surface area contributed by atoms with Crippen molar-refractivity contribution in [2.24, 2.45) is 0 Å². The number of rotatable bonds is 6. The Morgan fingerprint density at radius 1 is 0.964 bits per heavy atom. The minimum atomic E-state index is -3.51. The summed E-state index contributed by atoms with van der Waals surface area (Å²) in [4.78, 5) is 1.51. The molecule has 0 spiro atoms. The highest BCUT2D eigenvalue weighted by atomic mass is 32.2. The van der Waals surface area contributed by atoms with E-state index in [1.807, 2.05) is 36.6 Å². The highest BCUT2D eigenvalue weighted by Crippen LogP contribution is 2.29. The van der Waals surface area contributed by atoms with Gasteiger partial charge >= 0.3 is 0 Å². The predicted octanol–water partition coefficient (Wildman–Crippen LogP) is 5.23. The van der Waals surface area contributed by atoms with E-state index in [2.05, 4.69) is 10.2 Å². The fourth-order valence-electron chi connectivity index (χ4n) is 2.53. The Hall–Kier alpha value is -2.42. The Morgan fingerprint density at radius 2 is 1.64 bits per heavy atom. The topological polar surface area (TPSA) is 73.1 Å². The fraction of sp³-hybridized carbons (Fsp3) is 0.100. The lowest BCUT2D eigenvalue weighted by atomic mass is 10.2. The van der Waals surface area contributed by atoms with E-state index < -0.39 is 9.84 Å². The summed E-state index contributed by atoms with van der Waals surface area (Å²) < 4.78 is 31.1. The van der Waals surface area contributed by atoms with Crippen molar-refractivity contribution in [1.29, 1.82) is 0 Å². The van der Waals surface area contributed by atoms with Crippen molar-refractivity contribution in [3.63, 3.8) is 0 Å². The Balaban J connectivity index is 1.44. The van der Waals surface area contributed by atoms with Crippen molar-refractivity contribution < 1.29 is 12.8 Å². The van der Waals surface area contributed by atoms with Gasteiger partial charge in [-0.2, -0.15) is 0 Å². The molecule has 0 fully saturated rings. The first-order chi connectivity index (χ1) is 13.5. The summed E-state index contributed by atoms with van der Waals surface area (Å²) >= 11 is 2.96. The van der Waals surface area contributed by atoms with Gasteiger partial charge in [0, 0.05) is 5.75 Å². The third kappa shape index (κ3) is 4.04. The van der Waals surface area contributed by atoms with Gasteiger partial charge in [0.05, 0.1) is 14.7 Å². The van der Waals surface area contributed by atoms with Crippen molar-refractivity contribution in [3.8, 4) is 10.8 Å². The Kier molecular flexibility index (Phi) is 5.34. The van der Waals surface area contributed by atoms with Crippen molar-refractivity contribution in [3.05, 3.63) is 77.2 Å². The number of aromatic nitrogens is 2. The summed E-state index contributed by atoms with van der Waals surface area (Å²) in [6.07, 6.45) is 0. The molecule has 0 amide bonds. The molecule has 0 aliphatic heterocycles. The number of thioether (sulfide) groups is 1. The zero-order valence-electron chi connectivity index (χ0n) is 14.9. The summed E-state index contributed by atoms with van der Waals surface area (Å²) in [6.45, 7) is 1.93. The molecule has 28 heavy (non-hydrogen) atoms. The van der Waals surface area contributed by atoms with Crippen LogP contribution in [0.2, 0.25) is 0 Å². The normalized spacial score (nSPS) is 11.6. The number of benzene rings is 2. The molecule has 2 aromatic carbocycles. The summed E-state index contributed by atoms with van der Waals surface area (Å²) in [5.74, 6) is 1.12. The van der Waals surface area contributed by atoms with Crippen molar-refractivity contribution in [2.45, 2.75) is 27.7 Å². The first kappa shape index (κ1) is 18.9. The molecule has 0 aliphatic rings. The number of nitrogens with zero attached hydrogens (tertiary/aromatic N) is 2.